The Morgan fingerprint density at radius 2 is 1.70 bits per heavy atom. The highest BCUT2D eigenvalue weighted by Crippen LogP contribution is 2.47. The minimum Gasteiger partial charge on any atom is -0.392 e. The lowest BCUT2D eigenvalue weighted by Gasteiger charge is -2.17. The number of benzene rings is 2. The highest BCUT2D eigenvalue weighted by Gasteiger charge is 2.42. The molecule has 3 N–H and O–H groups in total. The van der Waals surface area contributed by atoms with E-state index in [1.165, 1.54) is 17.7 Å². The van der Waals surface area contributed by atoms with Gasteiger partial charge in [-0.25, -0.2) is 9.18 Å². The summed E-state index contributed by atoms with van der Waals surface area (Å²) in [6.07, 6.45) is 3.68. The second-order valence-corrected chi connectivity index (χ2v) is 8.83. The number of carbonyl (C=O) groups excluding carboxylic acids is 1. The van der Waals surface area contributed by atoms with Crippen molar-refractivity contribution in [3.8, 4) is 0 Å². The van der Waals surface area contributed by atoms with Crippen LogP contribution < -0.4 is 10.6 Å². The second kappa shape index (κ2) is 9.14. The number of nitrogens with zero attached hydrogens (tertiary/aromatic N) is 1. The Bertz CT molecular complexity index is 850. The van der Waals surface area contributed by atoms with Gasteiger partial charge in [-0.1, -0.05) is 36.4 Å². The van der Waals surface area contributed by atoms with Crippen LogP contribution in [0, 0.1) is 11.2 Å². The van der Waals surface area contributed by atoms with Gasteiger partial charge >= 0.3 is 6.03 Å². The highest BCUT2D eigenvalue weighted by molar-refractivity contribution is 5.73. The monoisotopic (exact) mass is 411 g/mol. The number of hydrogen-bond donors (Lipinski definition) is 3. The van der Waals surface area contributed by atoms with Crippen molar-refractivity contribution in [3.63, 3.8) is 0 Å². The first-order valence-corrected chi connectivity index (χ1v) is 10.7. The number of likely N-dealkylation sites (tertiary alicyclic amines) is 1. The van der Waals surface area contributed by atoms with Crippen LogP contribution in [0.3, 0.4) is 0 Å². The molecule has 0 bridgehead atoms. The maximum atomic E-state index is 13.1. The van der Waals surface area contributed by atoms with Crippen molar-refractivity contribution in [3.05, 3.63) is 71.0 Å². The van der Waals surface area contributed by atoms with Crippen LogP contribution >= 0.6 is 0 Å². The lowest BCUT2D eigenvalue weighted by Crippen LogP contribution is -2.38. The molecular formula is C24H30FN3O2. The second-order valence-electron chi connectivity index (χ2n) is 8.83. The van der Waals surface area contributed by atoms with E-state index in [0.717, 1.165) is 56.4 Å². The molecule has 160 valence electrons. The van der Waals surface area contributed by atoms with Gasteiger partial charge < -0.3 is 15.7 Å². The molecule has 2 fully saturated rings. The first kappa shape index (κ1) is 20.8. The van der Waals surface area contributed by atoms with Crippen molar-refractivity contribution in [2.45, 2.75) is 44.9 Å². The normalized spacial score (nSPS) is 20.1. The molecule has 1 aliphatic heterocycles. The predicted octanol–water partition coefficient (Wildman–Crippen LogP) is 3.21. The fourth-order valence-corrected chi connectivity index (χ4v) is 4.12. The molecule has 2 aromatic carbocycles. The molecule has 0 spiro atoms. The van der Waals surface area contributed by atoms with Gasteiger partial charge in [0.1, 0.15) is 5.82 Å². The molecule has 0 radical (unpaired) electrons. The molecule has 30 heavy (non-hydrogen) atoms. The van der Waals surface area contributed by atoms with Crippen LogP contribution in [-0.2, 0) is 19.5 Å². The van der Waals surface area contributed by atoms with Crippen molar-refractivity contribution in [1.82, 2.24) is 15.5 Å². The van der Waals surface area contributed by atoms with Crippen LogP contribution in [0.15, 0.2) is 48.5 Å². The lowest BCUT2D eigenvalue weighted by atomic mass is 9.96. The van der Waals surface area contributed by atoms with Crippen LogP contribution in [0.1, 0.15) is 36.0 Å². The first-order valence-electron chi connectivity index (χ1n) is 10.7. The summed E-state index contributed by atoms with van der Waals surface area (Å²) in [4.78, 5) is 14.5. The Kier molecular flexibility index (Phi) is 6.35. The number of halogens is 1. The molecule has 1 saturated heterocycles. The van der Waals surface area contributed by atoms with E-state index < -0.39 is 0 Å². The molecule has 1 aliphatic carbocycles. The summed E-state index contributed by atoms with van der Waals surface area (Å²) < 4.78 is 13.1. The van der Waals surface area contributed by atoms with Crippen molar-refractivity contribution >= 4 is 6.03 Å². The van der Waals surface area contributed by atoms with Gasteiger partial charge in [-0.2, -0.15) is 0 Å². The Hall–Kier alpha value is -2.44. The number of β-amino-alcohol motifs (C(OH)–C–C–N with tert-alkyl or cyclic N) is 1. The van der Waals surface area contributed by atoms with E-state index in [1.54, 1.807) is 0 Å². The molecule has 1 unspecified atom stereocenters. The van der Waals surface area contributed by atoms with E-state index in [0.29, 0.717) is 13.1 Å². The average Bonchev–Trinajstić information content (AvgIpc) is 3.39. The lowest BCUT2D eigenvalue weighted by molar-refractivity contribution is 0.175. The number of nitrogens with one attached hydrogen (secondary N) is 2. The molecule has 5 nitrogen and oxygen atoms in total. The average molecular weight is 412 g/mol. The largest absolute Gasteiger partial charge is 0.392 e. The van der Waals surface area contributed by atoms with E-state index in [1.807, 2.05) is 24.3 Å². The summed E-state index contributed by atoms with van der Waals surface area (Å²) >= 11 is 0. The fourth-order valence-electron chi connectivity index (χ4n) is 4.12. The van der Waals surface area contributed by atoms with Gasteiger partial charge in [0.05, 0.1) is 6.10 Å². The van der Waals surface area contributed by atoms with Crippen LogP contribution in [0.4, 0.5) is 9.18 Å². The molecule has 2 amide bonds. The molecule has 6 heteroatoms. The summed E-state index contributed by atoms with van der Waals surface area (Å²) in [5.74, 6) is -0.219. The van der Waals surface area contributed by atoms with Crippen LogP contribution in [0.2, 0.25) is 0 Å². The standard InChI is InChI=1S/C24H30FN3O2/c25-21-7-5-18(6-8-21)13-24(10-11-24)17-27-23(30)26-14-19-1-3-20(4-2-19)15-28-12-9-22(29)16-28/h1-8,22,29H,9-17H2,(H2,26,27,30). The predicted molar refractivity (Wildman–Crippen MR) is 114 cm³/mol. The molecule has 1 saturated carbocycles. The number of rotatable bonds is 8. The minimum atomic E-state index is -0.219. The van der Waals surface area contributed by atoms with E-state index in [9.17, 15) is 14.3 Å². The topological polar surface area (TPSA) is 64.6 Å². The number of aliphatic hydroxyl groups is 1. The molecule has 1 atom stereocenters. The number of urea groups is 1. The molecule has 2 aliphatic rings. The SMILES string of the molecule is O=C(NCc1ccc(CN2CCC(O)C2)cc1)NCC1(Cc2ccc(F)cc2)CC1. The maximum absolute atomic E-state index is 13.1. The van der Waals surface area contributed by atoms with Crippen molar-refractivity contribution < 1.29 is 14.3 Å². The zero-order valence-electron chi connectivity index (χ0n) is 17.2. The number of hydrogen-bond acceptors (Lipinski definition) is 3. The van der Waals surface area contributed by atoms with Crippen molar-refractivity contribution in [2.24, 2.45) is 5.41 Å². The van der Waals surface area contributed by atoms with E-state index in [4.69, 9.17) is 0 Å². The van der Waals surface area contributed by atoms with Gasteiger partial charge in [0, 0.05) is 32.7 Å². The Labute approximate surface area is 177 Å². The third-order valence-electron chi connectivity index (χ3n) is 6.20. The van der Waals surface area contributed by atoms with Crippen molar-refractivity contribution in [1.29, 1.82) is 0 Å². The van der Waals surface area contributed by atoms with Gasteiger partial charge in [0.25, 0.3) is 0 Å². The van der Waals surface area contributed by atoms with Crippen LogP contribution in [0.5, 0.6) is 0 Å². The molecular weight excluding hydrogens is 381 g/mol. The number of carbonyl (C=O) groups is 1. The highest BCUT2D eigenvalue weighted by atomic mass is 19.1. The quantitative estimate of drug-likeness (QED) is 0.625. The van der Waals surface area contributed by atoms with E-state index in [-0.39, 0.29) is 23.4 Å². The van der Waals surface area contributed by atoms with E-state index >= 15 is 0 Å². The molecule has 0 aromatic heterocycles. The third kappa shape index (κ3) is 5.80. The summed E-state index contributed by atoms with van der Waals surface area (Å²) in [5.41, 5.74) is 3.50. The first-order chi connectivity index (χ1) is 14.5. The Morgan fingerprint density at radius 1 is 1.03 bits per heavy atom. The van der Waals surface area contributed by atoms with Gasteiger partial charge in [0.15, 0.2) is 0 Å². The van der Waals surface area contributed by atoms with Gasteiger partial charge in [-0.05, 0) is 59.9 Å². The maximum Gasteiger partial charge on any atom is 0.315 e. The smallest absolute Gasteiger partial charge is 0.315 e. The number of amides is 2. The fraction of sp³-hybridized carbons (Fsp3) is 0.458. The van der Waals surface area contributed by atoms with Crippen LogP contribution in [0.25, 0.3) is 0 Å². The molecule has 1 heterocycles. The molecule has 2 aromatic rings. The summed E-state index contributed by atoms with van der Waals surface area (Å²) in [5, 5.41) is 15.5. The van der Waals surface area contributed by atoms with Gasteiger partial charge in [-0.15, -0.1) is 0 Å². The van der Waals surface area contributed by atoms with Gasteiger partial charge in [0.2, 0.25) is 0 Å². The Balaban J connectivity index is 1.18. The summed E-state index contributed by atoms with van der Waals surface area (Å²) in [6, 6.07) is 14.7. The van der Waals surface area contributed by atoms with E-state index in [2.05, 4.69) is 27.7 Å². The Morgan fingerprint density at radius 3 is 2.33 bits per heavy atom. The summed E-state index contributed by atoms with van der Waals surface area (Å²) in [6.45, 7) is 3.65. The van der Waals surface area contributed by atoms with Crippen molar-refractivity contribution in [2.75, 3.05) is 19.6 Å². The minimum absolute atomic E-state index is 0.111. The third-order valence-corrected chi connectivity index (χ3v) is 6.20. The molecule has 4 rings (SSSR count). The summed E-state index contributed by atoms with van der Waals surface area (Å²) in [7, 11) is 0. The zero-order valence-corrected chi connectivity index (χ0v) is 17.2. The zero-order chi connectivity index (χ0) is 21.0. The van der Waals surface area contributed by atoms with Crippen LogP contribution in [-0.4, -0.2) is 41.8 Å². The van der Waals surface area contributed by atoms with Gasteiger partial charge in [-0.3, -0.25) is 4.90 Å². The number of aliphatic hydroxyl groups excluding tert-OH is 1.